The van der Waals surface area contributed by atoms with Crippen LogP contribution < -0.4 is 0 Å². The minimum atomic E-state index is -0.678. The summed E-state index contributed by atoms with van der Waals surface area (Å²) in [6.45, 7) is 5.41. The molecule has 3 N–H and O–H groups in total. The number of carboxylic acid groups (broad SMARTS) is 1. The number of rotatable bonds is 17. The lowest BCUT2D eigenvalue weighted by atomic mass is 9.90. The molecule has 0 aliphatic rings. The van der Waals surface area contributed by atoms with Gasteiger partial charge < -0.3 is 15.3 Å². The van der Waals surface area contributed by atoms with Crippen molar-refractivity contribution in [2.75, 3.05) is 0 Å². The van der Waals surface area contributed by atoms with Crippen molar-refractivity contribution in [3.8, 4) is 0 Å². The third kappa shape index (κ3) is 16.6. The molecular formula is C21H41O4. The number of carboxylic acids is 1. The zero-order valence-corrected chi connectivity index (χ0v) is 16.7. The second-order valence-corrected chi connectivity index (χ2v) is 7.82. The van der Waals surface area contributed by atoms with Gasteiger partial charge in [0.05, 0.1) is 18.1 Å². The smallest absolute Gasteiger partial charge is 0.306 e. The van der Waals surface area contributed by atoms with Gasteiger partial charge in [-0.25, -0.2) is 0 Å². The van der Waals surface area contributed by atoms with Crippen LogP contribution in [-0.4, -0.2) is 33.5 Å². The first-order valence-corrected chi connectivity index (χ1v) is 10.3. The number of hydrogen-bond acceptors (Lipinski definition) is 3. The molecule has 25 heavy (non-hydrogen) atoms. The highest BCUT2D eigenvalue weighted by Gasteiger charge is 2.14. The second kappa shape index (κ2) is 15.6. The molecule has 0 aliphatic heterocycles. The van der Waals surface area contributed by atoms with Gasteiger partial charge in [0.2, 0.25) is 0 Å². The van der Waals surface area contributed by atoms with Crippen LogP contribution in [0.3, 0.4) is 0 Å². The van der Waals surface area contributed by atoms with Crippen molar-refractivity contribution in [3.63, 3.8) is 0 Å². The van der Waals surface area contributed by atoms with E-state index in [2.05, 4.69) is 0 Å². The van der Waals surface area contributed by atoms with Crippen LogP contribution in [0.5, 0.6) is 0 Å². The van der Waals surface area contributed by atoms with Gasteiger partial charge in [-0.15, -0.1) is 0 Å². The average molecular weight is 358 g/mol. The van der Waals surface area contributed by atoms with Crippen LogP contribution in [0, 0.1) is 11.8 Å². The number of hydrogen-bond donors (Lipinski definition) is 3. The fourth-order valence-electron chi connectivity index (χ4n) is 3.31. The average Bonchev–Trinajstić information content (AvgIpc) is 2.50. The van der Waals surface area contributed by atoms with E-state index in [1.165, 1.54) is 44.4 Å². The van der Waals surface area contributed by atoms with E-state index in [0.717, 1.165) is 32.1 Å². The fourth-order valence-corrected chi connectivity index (χ4v) is 3.31. The van der Waals surface area contributed by atoms with Crippen LogP contribution in [0.1, 0.15) is 104 Å². The van der Waals surface area contributed by atoms with Gasteiger partial charge in [0.25, 0.3) is 0 Å². The Morgan fingerprint density at radius 2 is 1.12 bits per heavy atom. The summed E-state index contributed by atoms with van der Waals surface area (Å²) in [5.74, 6) is 0.409. The predicted octanol–water partition coefficient (Wildman–Crippen LogP) is 5.11. The van der Waals surface area contributed by atoms with Crippen LogP contribution in [0.15, 0.2) is 0 Å². The molecule has 0 heterocycles. The normalized spacial score (nSPS) is 15.3. The summed E-state index contributed by atoms with van der Waals surface area (Å²) >= 11 is 0. The Balaban J connectivity index is 3.46. The largest absolute Gasteiger partial charge is 0.481 e. The molecule has 3 unspecified atom stereocenters. The van der Waals surface area contributed by atoms with Gasteiger partial charge in [-0.1, -0.05) is 64.7 Å². The molecule has 0 aliphatic carbocycles. The molecule has 0 aromatic carbocycles. The lowest BCUT2D eigenvalue weighted by Crippen LogP contribution is -2.14. The Hall–Kier alpha value is -0.610. The van der Waals surface area contributed by atoms with E-state index in [9.17, 15) is 15.0 Å². The van der Waals surface area contributed by atoms with Gasteiger partial charge in [-0.2, -0.15) is 0 Å². The summed E-state index contributed by atoms with van der Waals surface area (Å²) < 4.78 is 0. The van der Waals surface area contributed by atoms with Gasteiger partial charge in [0, 0.05) is 0 Å². The van der Waals surface area contributed by atoms with Crippen LogP contribution in [-0.2, 0) is 4.79 Å². The first kappa shape index (κ1) is 24.4. The van der Waals surface area contributed by atoms with Gasteiger partial charge in [0.1, 0.15) is 0 Å². The molecule has 149 valence electrons. The van der Waals surface area contributed by atoms with Gasteiger partial charge in [0.15, 0.2) is 0 Å². The molecule has 0 aromatic rings. The third-order valence-corrected chi connectivity index (χ3v) is 4.76. The van der Waals surface area contributed by atoms with Gasteiger partial charge in [-0.3, -0.25) is 4.79 Å². The minimum absolute atomic E-state index is 0.204. The van der Waals surface area contributed by atoms with Crippen molar-refractivity contribution in [2.24, 2.45) is 5.92 Å². The maximum Gasteiger partial charge on any atom is 0.306 e. The van der Waals surface area contributed by atoms with E-state index in [4.69, 9.17) is 5.11 Å². The first-order valence-electron chi connectivity index (χ1n) is 10.3. The van der Waals surface area contributed by atoms with Gasteiger partial charge in [-0.05, 0) is 45.4 Å². The van der Waals surface area contributed by atoms with E-state index in [1.54, 1.807) is 6.92 Å². The van der Waals surface area contributed by atoms with Crippen molar-refractivity contribution in [1.29, 1.82) is 0 Å². The number of aliphatic hydroxyl groups is 2. The maximum absolute atomic E-state index is 10.7. The summed E-state index contributed by atoms with van der Waals surface area (Å²) in [6.07, 6.45) is 13.4. The Morgan fingerprint density at radius 1 is 0.720 bits per heavy atom. The predicted molar refractivity (Wildman–Crippen MR) is 103 cm³/mol. The van der Waals surface area contributed by atoms with Crippen molar-refractivity contribution in [3.05, 3.63) is 5.92 Å². The van der Waals surface area contributed by atoms with Gasteiger partial charge >= 0.3 is 5.97 Å². The standard InChI is InChI=1S/C21H41O4/c1-17(21(24)25)13-11-9-7-5-4-6-8-10-12-14-20(15-18(2)22)16-19(3)23/h17-19,22-23H,4-16H2,1-3H3,(H,24,25). The highest BCUT2D eigenvalue weighted by atomic mass is 16.4. The lowest BCUT2D eigenvalue weighted by Gasteiger charge is -2.19. The Bertz CT molecular complexity index is 305. The monoisotopic (exact) mass is 357 g/mol. The van der Waals surface area contributed by atoms with E-state index in [0.29, 0.717) is 12.8 Å². The van der Waals surface area contributed by atoms with E-state index in [1.807, 2.05) is 13.8 Å². The second-order valence-electron chi connectivity index (χ2n) is 7.82. The first-order chi connectivity index (χ1) is 11.8. The zero-order chi connectivity index (χ0) is 19.1. The number of aliphatic carboxylic acids is 1. The molecule has 4 nitrogen and oxygen atoms in total. The van der Waals surface area contributed by atoms with E-state index < -0.39 is 5.97 Å². The van der Waals surface area contributed by atoms with Crippen LogP contribution >= 0.6 is 0 Å². The molecule has 3 atom stereocenters. The summed E-state index contributed by atoms with van der Waals surface area (Å²) in [5.41, 5.74) is 0. The van der Waals surface area contributed by atoms with Crippen molar-refractivity contribution < 1.29 is 20.1 Å². The molecule has 0 saturated heterocycles. The van der Waals surface area contributed by atoms with Crippen LogP contribution in [0.25, 0.3) is 0 Å². The number of unbranched alkanes of at least 4 members (excludes halogenated alkanes) is 8. The topological polar surface area (TPSA) is 77.8 Å². The summed E-state index contributed by atoms with van der Waals surface area (Å²) in [4.78, 5) is 10.7. The number of aliphatic hydroxyl groups excluding tert-OH is 2. The molecule has 0 spiro atoms. The van der Waals surface area contributed by atoms with Crippen LogP contribution in [0.2, 0.25) is 0 Å². The van der Waals surface area contributed by atoms with E-state index >= 15 is 0 Å². The lowest BCUT2D eigenvalue weighted by molar-refractivity contribution is -0.141. The quantitative estimate of drug-likeness (QED) is 0.316. The van der Waals surface area contributed by atoms with Crippen molar-refractivity contribution in [2.45, 2.75) is 116 Å². The van der Waals surface area contributed by atoms with E-state index in [-0.39, 0.29) is 18.1 Å². The molecular weight excluding hydrogens is 316 g/mol. The Kier molecular flexibility index (Phi) is 15.2. The Labute approximate surface area is 155 Å². The van der Waals surface area contributed by atoms with Crippen LogP contribution in [0.4, 0.5) is 0 Å². The molecule has 0 saturated carbocycles. The third-order valence-electron chi connectivity index (χ3n) is 4.76. The molecule has 4 heteroatoms. The molecule has 0 fully saturated rings. The summed E-state index contributed by atoms with van der Waals surface area (Å²) in [6, 6.07) is 0. The highest BCUT2D eigenvalue weighted by Crippen LogP contribution is 2.24. The molecule has 0 aromatic heterocycles. The molecule has 0 rings (SSSR count). The van der Waals surface area contributed by atoms with Crippen molar-refractivity contribution in [1.82, 2.24) is 0 Å². The molecule has 1 radical (unpaired) electrons. The van der Waals surface area contributed by atoms with Crippen molar-refractivity contribution >= 4 is 5.97 Å². The zero-order valence-electron chi connectivity index (χ0n) is 16.7. The maximum atomic E-state index is 10.7. The Morgan fingerprint density at radius 3 is 1.52 bits per heavy atom. The summed E-state index contributed by atoms with van der Waals surface area (Å²) in [5, 5.41) is 27.9. The fraction of sp³-hybridized carbons (Fsp3) is 0.905. The molecule has 0 bridgehead atoms. The molecule has 0 amide bonds. The highest BCUT2D eigenvalue weighted by molar-refractivity contribution is 5.69. The minimum Gasteiger partial charge on any atom is -0.481 e. The summed E-state index contributed by atoms with van der Waals surface area (Å²) in [7, 11) is 0. The SMILES string of the molecule is CC(O)C[C](CCCCCCCCCCCC(C)C(=O)O)CC(C)O. The number of carbonyl (C=O) groups is 1.